The van der Waals surface area contributed by atoms with E-state index in [-0.39, 0.29) is 12.1 Å². The molecule has 0 aromatic carbocycles. The average Bonchev–Trinajstić information content (AvgIpc) is 2.01. The zero-order valence-corrected chi connectivity index (χ0v) is 9.38. The highest BCUT2D eigenvalue weighted by Crippen LogP contribution is 2.34. The number of carbonyl (C=O) groups excluding carboxylic acids is 1. The highest BCUT2D eigenvalue weighted by Gasteiger charge is 2.31. The summed E-state index contributed by atoms with van der Waals surface area (Å²) in [6.07, 6.45) is 3.37. The first-order valence-corrected chi connectivity index (χ1v) is 5.33. The summed E-state index contributed by atoms with van der Waals surface area (Å²) in [5.41, 5.74) is 1.14. The smallest absolute Gasteiger partial charge is 0.302 e. The Morgan fingerprint density at radius 1 is 1.36 bits per heavy atom. The first-order chi connectivity index (χ1) is 6.50. The van der Waals surface area contributed by atoms with Crippen LogP contribution < -0.4 is 0 Å². The Balaban J connectivity index is 2.63. The largest absolute Gasteiger partial charge is 0.462 e. The van der Waals surface area contributed by atoms with Gasteiger partial charge in [-0.15, -0.1) is 0 Å². The predicted molar refractivity (Wildman–Crippen MR) is 56.9 cm³/mol. The van der Waals surface area contributed by atoms with Crippen molar-refractivity contribution in [2.75, 3.05) is 0 Å². The van der Waals surface area contributed by atoms with Crippen molar-refractivity contribution in [2.24, 2.45) is 11.8 Å². The molecule has 1 saturated carbocycles. The number of carbonyl (C=O) groups is 1. The minimum Gasteiger partial charge on any atom is -0.462 e. The van der Waals surface area contributed by atoms with Crippen LogP contribution in [-0.4, -0.2) is 12.1 Å². The third-order valence-corrected chi connectivity index (χ3v) is 3.00. The Morgan fingerprint density at radius 2 is 2.00 bits per heavy atom. The molecule has 14 heavy (non-hydrogen) atoms. The number of rotatable bonds is 2. The quantitative estimate of drug-likeness (QED) is 0.501. The molecule has 0 aromatic rings. The first-order valence-electron chi connectivity index (χ1n) is 5.33. The van der Waals surface area contributed by atoms with Crippen molar-refractivity contribution in [3.05, 3.63) is 12.2 Å². The summed E-state index contributed by atoms with van der Waals surface area (Å²) in [5, 5.41) is 0. The van der Waals surface area contributed by atoms with Gasteiger partial charge in [-0.25, -0.2) is 0 Å². The fraction of sp³-hybridized carbons (Fsp3) is 0.750. The van der Waals surface area contributed by atoms with Gasteiger partial charge in [0.15, 0.2) is 0 Å². The molecule has 0 radical (unpaired) electrons. The van der Waals surface area contributed by atoms with Gasteiger partial charge in [-0.2, -0.15) is 0 Å². The van der Waals surface area contributed by atoms with Gasteiger partial charge in [0.1, 0.15) is 6.10 Å². The van der Waals surface area contributed by atoms with Crippen LogP contribution in [0.2, 0.25) is 0 Å². The molecular formula is C12H20O2. The number of ether oxygens (including phenoxy) is 1. The maximum absolute atomic E-state index is 10.9. The van der Waals surface area contributed by atoms with Crippen LogP contribution in [0.5, 0.6) is 0 Å². The molecule has 0 unspecified atom stereocenters. The molecule has 2 nitrogen and oxygen atoms in total. The average molecular weight is 196 g/mol. The van der Waals surface area contributed by atoms with Crippen molar-refractivity contribution < 1.29 is 9.53 Å². The third kappa shape index (κ3) is 2.86. The lowest BCUT2D eigenvalue weighted by atomic mass is 9.78. The molecule has 0 N–H and O–H groups in total. The van der Waals surface area contributed by atoms with Gasteiger partial charge >= 0.3 is 5.97 Å². The predicted octanol–water partition coefficient (Wildman–Crippen LogP) is 2.93. The highest BCUT2D eigenvalue weighted by atomic mass is 16.5. The Morgan fingerprint density at radius 3 is 2.50 bits per heavy atom. The molecule has 1 fully saturated rings. The second-order valence-electron chi connectivity index (χ2n) is 4.52. The van der Waals surface area contributed by atoms with Crippen LogP contribution in [0.1, 0.15) is 40.0 Å². The van der Waals surface area contributed by atoms with E-state index >= 15 is 0 Å². The van der Waals surface area contributed by atoms with Crippen LogP contribution in [-0.2, 0) is 9.53 Å². The Labute approximate surface area is 86.3 Å². The molecule has 0 aliphatic heterocycles. The van der Waals surface area contributed by atoms with Crippen LogP contribution >= 0.6 is 0 Å². The summed E-state index contributed by atoms with van der Waals surface area (Å²) in [6.45, 7) is 9.69. The maximum atomic E-state index is 10.9. The van der Waals surface area contributed by atoms with Crippen molar-refractivity contribution >= 4 is 5.97 Å². The van der Waals surface area contributed by atoms with Crippen LogP contribution in [0, 0.1) is 11.8 Å². The van der Waals surface area contributed by atoms with E-state index in [9.17, 15) is 4.79 Å². The Kier molecular flexibility index (Phi) is 3.73. The van der Waals surface area contributed by atoms with E-state index in [4.69, 9.17) is 4.74 Å². The van der Waals surface area contributed by atoms with Gasteiger partial charge in [0.05, 0.1) is 0 Å². The van der Waals surface area contributed by atoms with Crippen molar-refractivity contribution in [1.82, 2.24) is 0 Å². The molecule has 0 bridgehead atoms. The normalized spacial score (nSPS) is 32.4. The van der Waals surface area contributed by atoms with Gasteiger partial charge in [0, 0.05) is 12.8 Å². The van der Waals surface area contributed by atoms with Crippen molar-refractivity contribution in [1.29, 1.82) is 0 Å². The summed E-state index contributed by atoms with van der Waals surface area (Å²) in [5.74, 6) is 0.861. The number of hydrogen-bond acceptors (Lipinski definition) is 2. The second-order valence-corrected chi connectivity index (χ2v) is 4.52. The lowest BCUT2D eigenvalue weighted by Gasteiger charge is -2.34. The molecule has 80 valence electrons. The molecule has 0 heterocycles. The lowest BCUT2D eigenvalue weighted by Crippen LogP contribution is -2.32. The molecule has 0 amide bonds. The summed E-state index contributed by atoms with van der Waals surface area (Å²) >= 11 is 0. The van der Waals surface area contributed by atoms with Gasteiger partial charge in [-0.3, -0.25) is 4.79 Å². The molecule has 1 aliphatic carbocycles. The summed E-state index contributed by atoms with van der Waals surface area (Å²) in [7, 11) is 0. The van der Waals surface area contributed by atoms with Crippen LogP contribution in [0.15, 0.2) is 12.2 Å². The van der Waals surface area contributed by atoms with E-state index in [1.807, 2.05) is 6.92 Å². The molecule has 3 atom stereocenters. The zero-order chi connectivity index (χ0) is 10.7. The van der Waals surface area contributed by atoms with E-state index < -0.39 is 0 Å². The van der Waals surface area contributed by atoms with Gasteiger partial charge in [-0.1, -0.05) is 19.1 Å². The molecular weight excluding hydrogens is 176 g/mol. The van der Waals surface area contributed by atoms with Gasteiger partial charge in [0.25, 0.3) is 0 Å². The van der Waals surface area contributed by atoms with Gasteiger partial charge < -0.3 is 4.74 Å². The third-order valence-electron chi connectivity index (χ3n) is 3.00. The van der Waals surface area contributed by atoms with Crippen molar-refractivity contribution in [3.8, 4) is 0 Å². The van der Waals surface area contributed by atoms with E-state index in [2.05, 4.69) is 13.5 Å². The van der Waals surface area contributed by atoms with E-state index in [1.165, 1.54) is 13.3 Å². The minimum absolute atomic E-state index is 0.0637. The van der Waals surface area contributed by atoms with E-state index in [0.717, 1.165) is 18.4 Å². The molecule has 0 spiro atoms. The fourth-order valence-electron chi connectivity index (χ4n) is 2.24. The fourth-order valence-corrected chi connectivity index (χ4v) is 2.24. The second kappa shape index (κ2) is 4.63. The molecule has 0 aromatic heterocycles. The Hall–Kier alpha value is -0.790. The topological polar surface area (TPSA) is 26.3 Å². The monoisotopic (exact) mass is 196 g/mol. The lowest BCUT2D eigenvalue weighted by molar-refractivity contribution is -0.150. The van der Waals surface area contributed by atoms with E-state index in [0.29, 0.717) is 11.8 Å². The molecule has 2 heteroatoms. The molecule has 0 saturated heterocycles. The van der Waals surface area contributed by atoms with Crippen molar-refractivity contribution in [3.63, 3.8) is 0 Å². The van der Waals surface area contributed by atoms with Gasteiger partial charge in [-0.05, 0) is 32.1 Å². The standard InChI is InChI=1S/C12H20O2/c1-8(2)11-6-5-9(3)7-12(11)14-10(4)13/h9,11-12H,1,5-7H2,2-4H3/t9-,11-,12-/m0/s1. The highest BCUT2D eigenvalue weighted by molar-refractivity contribution is 5.66. The maximum Gasteiger partial charge on any atom is 0.302 e. The number of hydrogen-bond donors (Lipinski definition) is 0. The van der Waals surface area contributed by atoms with Crippen LogP contribution in [0.3, 0.4) is 0 Å². The summed E-state index contributed by atoms with van der Waals surface area (Å²) in [6, 6.07) is 0. The summed E-state index contributed by atoms with van der Waals surface area (Å²) < 4.78 is 5.34. The van der Waals surface area contributed by atoms with Gasteiger partial charge in [0.2, 0.25) is 0 Å². The Bertz CT molecular complexity index is 232. The summed E-state index contributed by atoms with van der Waals surface area (Å²) in [4.78, 5) is 10.9. The van der Waals surface area contributed by atoms with Crippen molar-refractivity contribution in [2.45, 2.75) is 46.1 Å². The number of esters is 1. The minimum atomic E-state index is -0.171. The zero-order valence-electron chi connectivity index (χ0n) is 9.38. The van der Waals surface area contributed by atoms with E-state index in [1.54, 1.807) is 0 Å². The molecule has 1 rings (SSSR count). The SMILES string of the molecule is C=C(C)[C@@H]1CC[C@H](C)C[C@@H]1OC(C)=O. The molecule has 1 aliphatic rings. The first kappa shape index (κ1) is 11.3. The van der Waals surface area contributed by atoms with Crippen LogP contribution in [0.4, 0.5) is 0 Å². The van der Waals surface area contributed by atoms with Crippen LogP contribution in [0.25, 0.3) is 0 Å².